The van der Waals surface area contributed by atoms with Crippen molar-refractivity contribution in [1.82, 2.24) is 4.31 Å². The first kappa shape index (κ1) is 19.3. The summed E-state index contributed by atoms with van der Waals surface area (Å²) in [5, 5.41) is 2.86. The Kier molecular flexibility index (Phi) is 5.96. The Bertz CT molecular complexity index is 907. The topological polar surface area (TPSA) is 75.7 Å². The second-order valence-electron chi connectivity index (χ2n) is 5.95. The van der Waals surface area contributed by atoms with E-state index in [1.807, 2.05) is 25.1 Å². The van der Waals surface area contributed by atoms with Gasteiger partial charge in [0.15, 0.2) is 0 Å². The molecule has 26 heavy (non-hydrogen) atoms. The third-order valence-corrected chi connectivity index (χ3v) is 6.74. The summed E-state index contributed by atoms with van der Waals surface area (Å²) in [6.07, 6.45) is 0. The van der Waals surface area contributed by atoms with Crippen molar-refractivity contribution in [3.05, 3.63) is 57.2 Å². The van der Waals surface area contributed by atoms with E-state index in [0.717, 1.165) is 14.8 Å². The Balaban J connectivity index is 1.75. The van der Waals surface area contributed by atoms with Crippen LogP contribution in [-0.4, -0.2) is 44.9 Å². The Morgan fingerprint density at radius 1 is 1.12 bits per heavy atom. The van der Waals surface area contributed by atoms with Gasteiger partial charge in [-0.15, -0.1) is 0 Å². The molecule has 6 nitrogen and oxygen atoms in total. The molecule has 8 heteroatoms. The minimum absolute atomic E-state index is 0.182. The summed E-state index contributed by atoms with van der Waals surface area (Å²) in [5.41, 5.74) is 2.11. The van der Waals surface area contributed by atoms with Gasteiger partial charge < -0.3 is 10.1 Å². The number of nitrogens with zero attached hydrogens (tertiary/aromatic N) is 1. The van der Waals surface area contributed by atoms with Crippen LogP contribution in [0, 0.1) is 10.5 Å². The van der Waals surface area contributed by atoms with Gasteiger partial charge >= 0.3 is 0 Å². The van der Waals surface area contributed by atoms with Crippen molar-refractivity contribution in [3.8, 4) is 0 Å². The predicted octanol–water partition coefficient (Wildman–Crippen LogP) is 2.87. The van der Waals surface area contributed by atoms with Gasteiger partial charge in [0.2, 0.25) is 10.0 Å². The zero-order valence-electron chi connectivity index (χ0n) is 14.2. The van der Waals surface area contributed by atoms with Gasteiger partial charge in [-0.2, -0.15) is 4.31 Å². The number of amides is 1. The number of aryl methyl sites for hydroxylation is 1. The lowest BCUT2D eigenvalue weighted by Gasteiger charge is -2.26. The van der Waals surface area contributed by atoms with E-state index in [-0.39, 0.29) is 10.8 Å². The van der Waals surface area contributed by atoms with Gasteiger partial charge in [-0.25, -0.2) is 8.42 Å². The standard InChI is InChI=1S/C18H19IN2O4S/c1-13-12-15(19)4-7-17(13)20-18(22)14-2-5-16(6-3-14)26(23,24)21-8-10-25-11-9-21/h2-7,12H,8-11H2,1H3,(H,20,22). The molecule has 1 aliphatic rings. The monoisotopic (exact) mass is 486 g/mol. The Labute approximate surface area is 166 Å². The summed E-state index contributed by atoms with van der Waals surface area (Å²) in [6.45, 7) is 3.41. The van der Waals surface area contributed by atoms with Crippen molar-refractivity contribution in [2.75, 3.05) is 31.6 Å². The molecule has 0 atom stereocenters. The maximum atomic E-state index is 12.6. The zero-order chi connectivity index (χ0) is 18.7. The number of carbonyl (C=O) groups excluding carboxylic acids is 1. The molecule has 0 saturated carbocycles. The number of carbonyl (C=O) groups is 1. The lowest BCUT2D eigenvalue weighted by atomic mass is 10.1. The first-order chi connectivity index (χ1) is 12.4. The van der Waals surface area contributed by atoms with Gasteiger partial charge in [-0.3, -0.25) is 4.79 Å². The average molecular weight is 486 g/mol. The van der Waals surface area contributed by atoms with Gasteiger partial charge in [0.1, 0.15) is 0 Å². The summed E-state index contributed by atoms with van der Waals surface area (Å²) in [5.74, 6) is -0.273. The van der Waals surface area contributed by atoms with E-state index < -0.39 is 10.0 Å². The van der Waals surface area contributed by atoms with Crippen LogP contribution in [0.4, 0.5) is 5.69 Å². The van der Waals surface area contributed by atoms with Gasteiger partial charge in [-0.05, 0) is 77.5 Å². The molecule has 3 rings (SSSR count). The molecule has 0 bridgehead atoms. The van der Waals surface area contributed by atoms with Crippen LogP contribution in [0.2, 0.25) is 0 Å². The van der Waals surface area contributed by atoms with Crippen LogP contribution < -0.4 is 5.32 Å². The number of hydrogen-bond donors (Lipinski definition) is 1. The molecule has 0 unspecified atom stereocenters. The minimum Gasteiger partial charge on any atom is -0.379 e. The van der Waals surface area contributed by atoms with Gasteiger partial charge in [0, 0.05) is 27.9 Å². The lowest BCUT2D eigenvalue weighted by Crippen LogP contribution is -2.40. The van der Waals surface area contributed by atoms with Crippen molar-refractivity contribution in [3.63, 3.8) is 0 Å². The number of nitrogens with one attached hydrogen (secondary N) is 1. The Morgan fingerprint density at radius 3 is 2.38 bits per heavy atom. The van der Waals surface area contributed by atoms with Crippen LogP contribution in [0.5, 0.6) is 0 Å². The van der Waals surface area contributed by atoms with Gasteiger partial charge in [0.25, 0.3) is 5.91 Å². The fraction of sp³-hybridized carbons (Fsp3) is 0.278. The van der Waals surface area contributed by atoms with Crippen molar-refractivity contribution in [1.29, 1.82) is 0 Å². The van der Waals surface area contributed by atoms with Crippen molar-refractivity contribution in [2.45, 2.75) is 11.8 Å². The fourth-order valence-electron chi connectivity index (χ4n) is 2.68. The number of rotatable bonds is 4. The van der Waals surface area contributed by atoms with Gasteiger partial charge in [0.05, 0.1) is 18.1 Å². The molecule has 1 saturated heterocycles. The SMILES string of the molecule is Cc1cc(I)ccc1NC(=O)c1ccc(S(=O)(=O)N2CCOCC2)cc1. The highest BCUT2D eigenvalue weighted by Crippen LogP contribution is 2.20. The number of anilines is 1. The first-order valence-electron chi connectivity index (χ1n) is 8.13. The van der Waals surface area contributed by atoms with Crippen LogP contribution in [0.15, 0.2) is 47.4 Å². The van der Waals surface area contributed by atoms with E-state index in [1.165, 1.54) is 28.6 Å². The molecule has 2 aromatic carbocycles. The number of sulfonamides is 1. The number of halogens is 1. The van der Waals surface area contributed by atoms with E-state index in [1.54, 1.807) is 0 Å². The normalized spacial score (nSPS) is 15.6. The largest absolute Gasteiger partial charge is 0.379 e. The summed E-state index contributed by atoms with van der Waals surface area (Å²) >= 11 is 2.22. The number of hydrogen-bond acceptors (Lipinski definition) is 4. The van der Waals surface area contributed by atoms with Crippen LogP contribution >= 0.6 is 22.6 Å². The summed E-state index contributed by atoms with van der Waals surface area (Å²) in [4.78, 5) is 12.6. The van der Waals surface area contributed by atoms with E-state index >= 15 is 0 Å². The molecule has 0 spiro atoms. The average Bonchev–Trinajstić information content (AvgIpc) is 2.65. The Morgan fingerprint density at radius 2 is 1.77 bits per heavy atom. The number of morpholine rings is 1. The van der Waals surface area contributed by atoms with E-state index in [9.17, 15) is 13.2 Å². The molecular formula is C18H19IN2O4S. The molecule has 1 aliphatic heterocycles. The highest BCUT2D eigenvalue weighted by Gasteiger charge is 2.26. The molecule has 138 valence electrons. The Hall–Kier alpha value is -1.49. The minimum atomic E-state index is -3.55. The maximum absolute atomic E-state index is 12.6. The molecule has 0 aliphatic carbocycles. The quantitative estimate of drug-likeness (QED) is 0.675. The second-order valence-corrected chi connectivity index (χ2v) is 9.14. The third-order valence-electron chi connectivity index (χ3n) is 4.16. The van der Waals surface area contributed by atoms with Crippen molar-refractivity contribution in [2.24, 2.45) is 0 Å². The van der Waals surface area contributed by atoms with Crippen LogP contribution in [0.25, 0.3) is 0 Å². The molecule has 0 radical (unpaired) electrons. The smallest absolute Gasteiger partial charge is 0.255 e. The zero-order valence-corrected chi connectivity index (χ0v) is 17.2. The highest BCUT2D eigenvalue weighted by atomic mass is 127. The predicted molar refractivity (Wildman–Crippen MR) is 108 cm³/mol. The third kappa shape index (κ3) is 4.25. The summed E-state index contributed by atoms with van der Waals surface area (Å²) in [7, 11) is -3.55. The molecule has 2 aromatic rings. The number of benzene rings is 2. The van der Waals surface area contributed by atoms with E-state index in [0.29, 0.717) is 31.9 Å². The first-order valence-corrected chi connectivity index (χ1v) is 10.7. The fourth-order valence-corrected chi connectivity index (χ4v) is 4.73. The summed E-state index contributed by atoms with van der Waals surface area (Å²) in [6, 6.07) is 11.8. The highest BCUT2D eigenvalue weighted by molar-refractivity contribution is 14.1. The molecule has 0 aromatic heterocycles. The number of ether oxygens (including phenoxy) is 1. The molecular weight excluding hydrogens is 467 g/mol. The molecule has 1 heterocycles. The van der Waals surface area contributed by atoms with E-state index in [4.69, 9.17) is 4.74 Å². The van der Waals surface area contributed by atoms with Crippen LogP contribution in [0.1, 0.15) is 15.9 Å². The van der Waals surface area contributed by atoms with E-state index in [2.05, 4.69) is 27.9 Å². The van der Waals surface area contributed by atoms with Crippen molar-refractivity contribution >= 4 is 44.2 Å². The second kappa shape index (κ2) is 8.03. The van der Waals surface area contributed by atoms with Crippen LogP contribution in [0.3, 0.4) is 0 Å². The lowest BCUT2D eigenvalue weighted by molar-refractivity contribution is 0.0730. The molecule has 1 fully saturated rings. The van der Waals surface area contributed by atoms with Crippen molar-refractivity contribution < 1.29 is 17.9 Å². The molecule has 1 amide bonds. The van der Waals surface area contributed by atoms with Crippen LogP contribution in [-0.2, 0) is 14.8 Å². The maximum Gasteiger partial charge on any atom is 0.255 e. The molecule has 1 N–H and O–H groups in total. The summed E-state index contributed by atoms with van der Waals surface area (Å²) < 4.78 is 32.9. The van der Waals surface area contributed by atoms with Gasteiger partial charge in [-0.1, -0.05) is 0 Å².